The van der Waals surface area contributed by atoms with Gasteiger partial charge in [0.1, 0.15) is 0 Å². The van der Waals surface area contributed by atoms with E-state index in [2.05, 4.69) is 36.5 Å². The number of hydrogen-bond donors (Lipinski definition) is 1. The summed E-state index contributed by atoms with van der Waals surface area (Å²) in [6.07, 6.45) is 3.54. The Bertz CT molecular complexity index is 392. The smallest absolute Gasteiger partial charge is 0.0472 e. The first-order chi connectivity index (χ1) is 8.84. The number of nitrogens with one attached hydrogen (secondary N) is 1. The molecule has 2 aliphatic heterocycles. The minimum Gasteiger partial charge on any atom is -0.381 e. The molecule has 1 spiro atoms. The normalized spacial score (nSPS) is 26.6. The number of hydrogen-bond acceptors (Lipinski definition) is 2. The van der Waals surface area contributed by atoms with Crippen LogP contribution in [-0.4, -0.2) is 26.3 Å². The number of benzene rings is 1. The molecule has 1 atom stereocenters. The molecule has 0 aliphatic carbocycles. The van der Waals surface area contributed by atoms with E-state index in [0.29, 0.717) is 11.3 Å². The van der Waals surface area contributed by atoms with Crippen LogP contribution < -0.4 is 5.32 Å². The highest BCUT2D eigenvalue weighted by atomic mass is 16.5. The van der Waals surface area contributed by atoms with E-state index in [-0.39, 0.29) is 0 Å². The van der Waals surface area contributed by atoms with E-state index >= 15 is 0 Å². The predicted octanol–water partition coefficient (Wildman–Crippen LogP) is 2.73. The molecular weight excluding hydrogens is 222 g/mol. The van der Waals surface area contributed by atoms with Crippen molar-refractivity contribution in [3.05, 3.63) is 35.4 Å². The van der Waals surface area contributed by atoms with Crippen LogP contribution in [0, 0.1) is 5.41 Å². The van der Waals surface area contributed by atoms with Crippen LogP contribution in [0.5, 0.6) is 0 Å². The molecule has 0 radical (unpaired) electrons. The summed E-state index contributed by atoms with van der Waals surface area (Å²) in [5, 5.41) is 3.60. The maximum absolute atomic E-state index is 5.55. The average Bonchev–Trinajstić information content (AvgIpc) is 2.83. The molecule has 3 rings (SSSR count). The highest BCUT2D eigenvalue weighted by Gasteiger charge is 2.44. The molecule has 98 valence electrons. The van der Waals surface area contributed by atoms with Crippen molar-refractivity contribution in [2.45, 2.75) is 32.1 Å². The van der Waals surface area contributed by atoms with Crippen LogP contribution in [0.15, 0.2) is 24.3 Å². The van der Waals surface area contributed by atoms with Crippen LogP contribution in [0.25, 0.3) is 0 Å². The minimum atomic E-state index is 0.450. The molecule has 1 N–H and O–H groups in total. The Morgan fingerprint density at radius 3 is 2.61 bits per heavy atom. The number of ether oxygens (including phenoxy) is 1. The van der Waals surface area contributed by atoms with Crippen LogP contribution in [0.1, 0.15) is 36.8 Å². The van der Waals surface area contributed by atoms with Crippen molar-refractivity contribution in [1.82, 2.24) is 5.32 Å². The summed E-state index contributed by atoms with van der Waals surface area (Å²) < 4.78 is 5.55. The third kappa shape index (κ3) is 2.08. The molecule has 2 aliphatic rings. The summed E-state index contributed by atoms with van der Waals surface area (Å²) in [5.74, 6) is 0.673. The van der Waals surface area contributed by atoms with Crippen LogP contribution in [0.2, 0.25) is 0 Å². The number of rotatable bonds is 2. The predicted molar refractivity (Wildman–Crippen MR) is 73.9 cm³/mol. The van der Waals surface area contributed by atoms with Crippen molar-refractivity contribution in [2.24, 2.45) is 5.41 Å². The maximum atomic E-state index is 5.55. The molecule has 2 heteroatoms. The molecule has 18 heavy (non-hydrogen) atoms. The molecule has 2 heterocycles. The van der Waals surface area contributed by atoms with Gasteiger partial charge in [-0.1, -0.05) is 31.2 Å². The summed E-state index contributed by atoms with van der Waals surface area (Å²) in [6, 6.07) is 9.27. The summed E-state index contributed by atoms with van der Waals surface area (Å²) in [4.78, 5) is 0. The van der Waals surface area contributed by atoms with Gasteiger partial charge in [0.05, 0.1) is 0 Å². The van der Waals surface area contributed by atoms with E-state index in [1.54, 1.807) is 0 Å². The van der Waals surface area contributed by atoms with E-state index in [9.17, 15) is 0 Å². The first-order valence-electron chi connectivity index (χ1n) is 7.21. The first kappa shape index (κ1) is 12.2. The molecule has 0 aromatic heterocycles. The lowest BCUT2D eigenvalue weighted by atomic mass is 9.69. The third-order valence-electron chi connectivity index (χ3n) is 4.84. The monoisotopic (exact) mass is 245 g/mol. The summed E-state index contributed by atoms with van der Waals surface area (Å²) in [5.41, 5.74) is 3.40. The largest absolute Gasteiger partial charge is 0.381 e. The zero-order valence-corrected chi connectivity index (χ0v) is 11.2. The average molecular weight is 245 g/mol. The van der Waals surface area contributed by atoms with Crippen molar-refractivity contribution in [3.8, 4) is 0 Å². The topological polar surface area (TPSA) is 21.3 Å². The fraction of sp³-hybridized carbons (Fsp3) is 0.625. The second kappa shape index (κ2) is 5.02. The van der Waals surface area contributed by atoms with Crippen molar-refractivity contribution in [2.75, 3.05) is 26.3 Å². The molecule has 2 saturated heterocycles. The van der Waals surface area contributed by atoms with Crippen LogP contribution in [-0.2, 0) is 11.2 Å². The van der Waals surface area contributed by atoms with Gasteiger partial charge in [-0.15, -0.1) is 0 Å². The fourth-order valence-corrected chi connectivity index (χ4v) is 3.57. The lowest BCUT2D eigenvalue weighted by molar-refractivity contribution is 0.0165. The highest BCUT2D eigenvalue weighted by Crippen LogP contribution is 2.46. The summed E-state index contributed by atoms with van der Waals surface area (Å²) >= 11 is 0. The van der Waals surface area contributed by atoms with Gasteiger partial charge in [0, 0.05) is 32.2 Å². The minimum absolute atomic E-state index is 0.450. The molecule has 2 nitrogen and oxygen atoms in total. The van der Waals surface area contributed by atoms with Gasteiger partial charge in [0.25, 0.3) is 0 Å². The van der Waals surface area contributed by atoms with Gasteiger partial charge in [-0.25, -0.2) is 0 Å². The number of aryl methyl sites for hydroxylation is 1. The Labute approximate surface area is 110 Å². The first-order valence-corrected chi connectivity index (χ1v) is 7.21. The van der Waals surface area contributed by atoms with Gasteiger partial charge in [-0.05, 0) is 35.8 Å². The summed E-state index contributed by atoms with van der Waals surface area (Å²) in [7, 11) is 0. The lowest BCUT2D eigenvalue weighted by Crippen LogP contribution is -2.35. The van der Waals surface area contributed by atoms with Crippen molar-refractivity contribution >= 4 is 0 Å². The molecule has 0 saturated carbocycles. The zero-order valence-electron chi connectivity index (χ0n) is 11.2. The van der Waals surface area contributed by atoms with Gasteiger partial charge in [0.15, 0.2) is 0 Å². The molecule has 1 aromatic carbocycles. The van der Waals surface area contributed by atoms with Crippen LogP contribution in [0.4, 0.5) is 0 Å². The third-order valence-corrected chi connectivity index (χ3v) is 4.84. The Balaban J connectivity index is 1.84. The highest BCUT2D eigenvalue weighted by molar-refractivity contribution is 5.29. The van der Waals surface area contributed by atoms with Crippen molar-refractivity contribution in [3.63, 3.8) is 0 Å². The van der Waals surface area contributed by atoms with Crippen LogP contribution >= 0.6 is 0 Å². The Morgan fingerprint density at radius 2 is 1.94 bits per heavy atom. The van der Waals surface area contributed by atoms with Crippen LogP contribution in [0.3, 0.4) is 0 Å². The Kier molecular flexibility index (Phi) is 3.40. The molecule has 0 amide bonds. The van der Waals surface area contributed by atoms with Crippen molar-refractivity contribution < 1.29 is 4.74 Å². The molecule has 1 unspecified atom stereocenters. The molecular formula is C16H23NO. The lowest BCUT2D eigenvalue weighted by Gasteiger charge is -2.38. The Morgan fingerprint density at radius 1 is 1.22 bits per heavy atom. The SMILES string of the molecule is CCc1ccc(C2CNCC23CCOCC3)cc1. The van der Waals surface area contributed by atoms with Crippen molar-refractivity contribution in [1.29, 1.82) is 0 Å². The molecule has 0 bridgehead atoms. The maximum Gasteiger partial charge on any atom is 0.0472 e. The van der Waals surface area contributed by atoms with E-state index in [0.717, 1.165) is 32.7 Å². The molecule has 1 aromatic rings. The van der Waals surface area contributed by atoms with E-state index < -0.39 is 0 Å². The van der Waals surface area contributed by atoms with Gasteiger partial charge in [0.2, 0.25) is 0 Å². The quantitative estimate of drug-likeness (QED) is 0.865. The van der Waals surface area contributed by atoms with Gasteiger partial charge in [-0.3, -0.25) is 0 Å². The molecule has 2 fully saturated rings. The summed E-state index contributed by atoms with van der Waals surface area (Å²) in [6.45, 7) is 6.38. The van der Waals surface area contributed by atoms with E-state index in [4.69, 9.17) is 4.74 Å². The zero-order chi connectivity index (χ0) is 12.4. The Hall–Kier alpha value is -0.860. The standard InChI is InChI=1S/C16H23NO/c1-2-13-3-5-14(6-4-13)15-11-17-12-16(15)7-9-18-10-8-16/h3-6,15,17H,2,7-12H2,1H3. The second-order valence-electron chi connectivity index (χ2n) is 5.75. The van der Waals surface area contributed by atoms with E-state index in [1.165, 1.54) is 24.0 Å². The second-order valence-corrected chi connectivity index (χ2v) is 5.75. The van der Waals surface area contributed by atoms with E-state index in [1.807, 2.05) is 0 Å². The fourth-order valence-electron chi connectivity index (χ4n) is 3.57. The van der Waals surface area contributed by atoms with Gasteiger partial charge >= 0.3 is 0 Å². The van der Waals surface area contributed by atoms with Gasteiger partial charge in [-0.2, -0.15) is 0 Å². The van der Waals surface area contributed by atoms with Gasteiger partial charge < -0.3 is 10.1 Å².